The molecule has 2 aromatic rings. The second-order valence-electron chi connectivity index (χ2n) is 9.55. The van der Waals surface area contributed by atoms with Gasteiger partial charge in [0, 0.05) is 35.8 Å². The Morgan fingerprint density at radius 3 is 2.44 bits per heavy atom. The van der Waals surface area contributed by atoms with Crippen LogP contribution >= 0.6 is 11.3 Å². The summed E-state index contributed by atoms with van der Waals surface area (Å²) in [5.74, 6) is -0.482. The summed E-state index contributed by atoms with van der Waals surface area (Å²) >= 11 is 1.33. The number of anilines is 3. The van der Waals surface area contributed by atoms with Gasteiger partial charge in [-0.25, -0.2) is 13.2 Å². The molecule has 3 heterocycles. The number of benzene rings is 1. The third-order valence-corrected chi connectivity index (χ3v) is 8.91. The second-order valence-corrected chi connectivity index (χ2v) is 12.9. The monoisotopic (exact) mass is 504 g/mol. The highest BCUT2D eigenvalue weighted by Crippen LogP contribution is 2.37. The predicted octanol–water partition coefficient (Wildman–Crippen LogP) is 3.44. The van der Waals surface area contributed by atoms with Crippen molar-refractivity contribution >= 4 is 55.4 Å². The summed E-state index contributed by atoms with van der Waals surface area (Å²) in [7, 11) is -3.12. The number of rotatable bonds is 3. The van der Waals surface area contributed by atoms with Crippen LogP contribution in [-0.4, -0.2) is 55.8 Å². The van der Waals surface area contributed by atoms with E-state index in [-0.39, 0.29) is 41.8 Å². The quantitative estimate of drug-likeness (QED) is 0.591. The molecule has 1 saturated heterocycles. The van der Waals surface area contributed by atoms with Gasteiger partial charge in [-0.3, -0.25) is 14.9 Å². The van der Waals surface area contributed by atoms with Crippen LogP contribution in [-0.2, 0) is 26.5 Å². The summed E-state index contributed by atoms with van der Waals surface area (Å²) in [6, 6.07) is 6.61. The molecule has 0 atom stereocenters. The Balaban J connectivity index is 1.53. The van der Waals surface area contributed by atoms with Crippen LogP contribution in [0.5, 0.6) is 0 Å². The van der Waals surface area contributed by atoms with Gasteiger partial charge in [0.25, 0.3) is 5.91 Å². The van der Waals surface area contributed by atoms with Crippen LogP contribution in [0.1, 0.15) is 48.0 Å². The zero-order chi connectivity index (χ0) is 24.7. The minimum absolute atomic E-state index is 0.0592. The highest BCUT2D eigenvalue weighted by molar-refractivity contribution is 7.91. The first kappa shape index (κ1) is 24.2. The van der Waals surface area contributed by atoms with E-state index in [1.54, 1.807) is 18.2 Å². The van der Waals surface area contributed by atoms with E-state index in [1.807, 2.05) is 26.8 Å². The largest absolute Gasteiger partial charge is 0.337 e. The maximum atomic E-state index is 13.2. The number of urea groups is 1. The normalized spacial score (nSPS) is 17.5. The summed E-state index contributed by atoms with van der Waals surface area (Å²) in [5, 5.41) is 8.77. The number of nitrogens with zero attached hydrogens (tertiary/aromatic N) is 1. The number of thiophene rings is 1. The molecule has 0 aliphatic carbocycles. The minimum atomic E-state index is -3.12. The zero-order valence-corrected chi connectivity index (χ0v) is 21.0. The molecule has 0 spiro atoms. The number of amides is 4. The van der Waals surface area contributed by atoms with Gasteiger partial charge < -0.3 is 15.5 Å². The maximum absolute atomic E-state index is 13.2. The Morgan fingerprint density at radius 2 is 1.76 bits per heavy atom. The average Bonchev–Trinajstić information content (AvgIpc) is 3.17. The van der Waals surface area contributed by atoms with Gasteiger partial charge in [0.15, 0.2) is 9.84 Å². The van der Waals surface area contributed by atoms with E-state index in [9.17, 15) is 22.8 Å². The molecule has 11 heteroatoms. The molecule has 182 valence electrons. The van der Waals surface area contributed by atoms with Crippen molar-refractivity contribution in [2.45, 2.75) is 39.0 Å². The van der Waals surface area contributed by atoms with E-state index in [0.29, 0.717) is 34.8 Å². The summed E-state index contributed by atoms with van der Waals surface area (Å²) in [4.78, 5) is 40.1. The number of carbonyl (C=O) groups excluding carboxylic acids is 3. The van der Waals surface area contributed by atoms with E-state index >= 15 is 0 Å². The summed E-state index contributed by atoms with van der Waals surface area (Å²) in [6.45, 7) is 6.33. The summed E-state index contributed by atoms with van der Waals surface area (Å²) < 4.78 is 23.5. The standard InChI is InChI=1S/C23H28N4O5S2/c1-23(2,3)18-13-16(21(29)27-8-10-34(31,32)11-9-27)20(33-18)26-22(30)24-15-6-4-14-5-7-19(28)25-17(14)12-15/h4,6,12-13H,5,7-11H2,1-3H3,(H,25,28)(H2,24,26,30). The molecule has 0 saturated carbocycles. The van der Waals surface area contributed by atoms with Gasteiger partial charge in [-0.05, 0) is 35.6 Å². The molecule has 0 bridgehead atoms. The van der Waals surface area contributed by atoms with Crippen LogP contribution in [0.2, 0.25) is 0 Å². The molecule has 0 unspecified atom stereocenters. The Bertz CT molecular complexity index is 1250. The van der Waals surface area contributed by atoms with Gasteiger partial charge in [-0.2, -0.15) is 0 Å². The molecule has 2 aliphatic rings. The van der Waals surface area contributed by atoms with Crippen molar-refractivity contribution < 1.29 is 22.8 Å². The first-order chi connectivity index (χ1) is 15.9. The van der Waals surface area contributed by atoms with Crippen LogP contribution in [0, 0.1) is 0 Å². The minimum Gasteiger partial charge on any atom is -0.337 e. The zero-order valence-electron chi connectivity index (χ0n) is 19.4. The van der Waals surface area contributed by atoms with Gasteiger partial charge in [-0.1, -0.05) is 26.8 Å². The molecule has 4 amide bonds. The SMILES string of the molecule is CC(C)(C)c1cc(C(=O)N2CCS(=O)(=O)CC2)c(NC(=O)Nc2ccc3c(c2)NC(=O)CC3)s1. The Hall–Kier alpha value is -2.92. The highest BCUT2D eigenvalue weighted by Gasteiger charge is 2.30. The van der Waals surface area contributed by atoms with Crippen molar-refractivity contribution in [3.63, 3.8) is 0 Å². The van der Waals surface area contributed by atoms with Gasteiger partial charge in [0.05, 0.1) is 17.1 Å². The van der Waals surface area contributed by atoms with Crippen molar-refractivity contribution in [3.8, 4) is 0 Å². The van der Waals surface area contributed by atoms with Crippen LogP contribution in [0.3, 0.4) is 0 Å². The van der Waals surface area contributed by atoms with Crippen LogP contribution < -0.4 is 16.0 Å². The number of sulfone groups is 1. The van der Waals surface area contributed by atoms with Gasteiger partial charge in [0.2, 0.25) is 5.91 Å². The third kappa shape index (κ3) is 5.41. The van der Waals surface area contributed by atoms with E-state index in [4.69, 9.17) is 0 Å². The van der Waals surface area contributed by atoms with Crippen molar-refractivity contribution in [3.05, 3.63) is 40.3 Å². The average molecular weight is 505 g/mol. The fourth-order valence-electron chi connectivity index (χ4n) is 3.81. The number of hydrogen-bond acceptors (Lipinski definition) is 6. The molecule has 34 heavy (non-hydrogen) atoms. The van der Waals surface area contributed by atoms with E-state index in [0.717, 1.165) is 10.4 Å². The molecule has 0 radical (unpaired) electrons. The lowest BCUT2D eigenvalue weighted by molar-refractivity contribution is -0.116. The lowest BCUT2D eigenvalue weighted by Crippen LogP contribution is -2.43. The fraction of sp³-hybridized carbons (Fsp3) is 0.435. The maximum Gasteiger partial charge on any atom is 0.324 e. The van der Waals surface area contributed by atoms with Crippen molar-refractivity contribution in [2.24, 2.45) is 0 Å². The van der Waals surface area contributed by atoms with Crippen molar-refractivity contribution in [2.75, 3.05) is 40.5 Å². The molecule has 2 aliphatic heterocycles. The number of carbonyl (C=O) groups is 3. The Kier molecular flexibility index (Phi) is 6.43. The molecule has 9 nitrogen and oxygen atoms in total. The first-order valence-electron chi connectivity index (χ1n) is 11.1. The lowest BCUT2D eigenvalue weighted by Gasteiger charge is -2.26. The summed E-state index contributed by atoms with van der Waals surface area (Å²) in [6.07, 6.45) is 1.09. The van der Waals surface area contributed by atoms with E-state index in [1.165, 1.54) is 16.2 Å². The van der Waals surface area contributed by atoms with Crippen LogP contribution in [0.25, 0.3) is 0 Å². The lowest BCUT2D eigenvalue weighted by atomic mass is 9.94. The number of hydrogen-bond donors (Lipinski definition) is 3. The fourth-order valence-corrected chi connectivity index (χ4v) is 6.12. The molecule has 1 aromatic carbocycles. The number of nitrogens with one attached hydrogen (secondary N) is 3. The van der Waals surface area contributed by atoms with Gasteiger partial charge in [-0.15, -0.1) is 11.3 Å². The highest BCUT2D eigenvalue weighted by atomic mass is 32.2. The molecule has 1 fully saturated rings. The molecule has 4 rings (SSSR count). The van der Waals surface area contributed by atoms with Crippen molar-refractivity contribution in [1.29, 1.82) is 0 Å². The predicted molar refractivity (Wildman–Crippen MR) is 134 cm³/mol. The Morgan fingerprint density at radius 1 is 1.06 bits per heavy atom. The summed E-state index contributed by atoms with van der Waals surface area (Å²) in [5.41, 5.74) is 2.31. The number of fused-ring (bicyclic) bond motifs is 1. The molecule has 3 N–H and O–H groups in total. The van der Waals surface area contributed by atoms with Crippen LogP contribution in [0.4, 0.5) is 21.2 Å². The molecular weight excluding hydrogens is 476 g/mol. The van der Waals surface area contributed by atoms with Gasteiger partial charge >= 0.3 is 6.03 Å². The van der Waals surface area contributed by atoms with Gasteiger partial charge in [0.1, 0.15) is 5.00 Å². The third-order valence-electron chi connectivity index (χ3n) is 5.82. The smallest absolute Gasteiger partial charge is 0.324 e. The topological polar surface area (TPSA) is 125 Å². The van der Waals surface area contributed by atoms with E-state index < -0.39 is 15.9 Å². The Labute approximate surface area is 202 Å². The molecular formula is C23H28N4O5S2. The van der Waals surface area contributed by atoms with Crippen LogP contribution in [0.15, 0.2) is 24.3 Å². The molecule has 1 aromatic heterocycles. The first-order valence-corrected chi connectivity index (χ1v) is 13.7. The second kappa shape index (κ2) is 9.03. The van der Waals surface area contributed by atoms with Crippen molar-refractivity contribution in [1.82, 2.24) is 4.90 Å². The van der Waals surface area contributed by atoms with E-state index in [2.05, 4.69) is 16.0 Å². The number of aryl methyl sites for hydroxylation is 1.